The van der Waals surface area contributed by atoms with Crippen LogP contribution in [-0.2, 0) is 30.3 Å². The van der Waals surface area contributed by atoms with E-state index < -0.39 is 36.3 Å². The lowest BCUT2D eigenvalue weighted by atomic mass is 9.96. The molecule has 1 heterocycles. The number of hydrogen-bond donors (Lipinski definition) is 1. The van der Waals surface area contributed by atoms with E-state index in [4.69, 9.17) is 14.2 Å². The summed E-state index contributed by atoms with van der Waals surface area (Å²) in [5, 5.41) is 2.57. The fraction of sp³-hybridized carbons (Fsp3) is 0.440. The van der Waals surface area contributed by atoms with Gasteiger partial charge in [0.15, 0.2) is 0 Å². The van der Waals surface area contributed by atoms with Crippen molar-refractivity contribution in [2.24, 2.45) is 11.8 Å². The van der Waals surface area contributed by atoms with Gasteiger partial charge in [-0.15, -0.1) is 0 Å². The molecule has 2 rings (SSSR count). The van der Waals surface area contributed by atoms with Crippen LogP contribution in [-0.4, -0.2) is 46.5 Å². The number of hydrogen-bond acceptors (Lipinski definition) is 7. The minimum atomic E-state index is -0.637. The molecule has 9 heteroatoms. The number of aromatic nitrogens is 2. The standard InChI is InChI=1S/C25H33N3O6/c1-18(2)21(14-27-24(31)34-25(3,4)5)23(30)33-17-32-22(29)11-10-19-6-8-20(9-7-19)15-28-13-12-26-16-28/h6-13,16,18,21H,14-15,17H2,1-5H3,(H,27,31)/b11-10+. The van der Waals surface area contributed by atoms with Gasteiger partial charge in [-0.1, -0.05) is 38.1 Å². The molecule has 0 spiro atoms. The highest BCUT2D eigenvalue weighted by Crippen LogP contribution is 2.13. The lowest BCUT2D eigenvalue weighted by Crippen LogP contribution is -2.39. The summed E-state index contributed by atoms with van der Waals surface area (Å²) in [6.07, 6.45) is 7.63. The quantitative estimate of drug-likeness (QED) is 0.319. The predicted octanol–water partition coefficient (Wildman–Crippen LogP) is 3.79. The Hall–Kier alpha value is -3.62. The normalized spacial score (nSPS) is 12.4. The summed E-state index contributed by atoms with van der Waals surface area (Å²) in [5.74, 6) is -1.92. The number of ether oxygens (including phenoxy) is 3. The molecular weight excluding hydrogens is 438 g/mol. The molecular formula is C25H33N3O6. The zero-order valence-electron chi connectivity index (χ0n) is 20.3. The monoisotopic (exact) mass is 471 g/mol. The van der Waals surface area contributed by atoms with Gasteiger partial charge in [0.2, 0.25) is 6.79 Å². The van der Waals surface area contributed by atoms with Gasteiger partial charge >= 0.3 is 18.0 Å². The van der Waals surface area contributed by atoms with Crippen molar-refractivity contribution >= 4 is 24.1 Å². The van der Waals surface area contributed by atoms with Gasteiger partial charge in [-0.3, -0.25) is 4.79 Å². The summed E-state index contributed by atoms with van der Waals surface area (Å²) in [5.41, 5.74) is 1.30. The van der Waals surface area contributed by atoms with Crippen LogP contribution >= 0.6 is 0 Å². The number of imidazole rings is 1. The number of nitrogens with one attached hydrogen (secondary N) is 1. The van der Waals surface area contributed by atoms with Crippen LogP contribution in [0, 0.1) is 11.8 Å². The molecule has 1 atom stereocenters. The van der Waals surface area contributed by atoms with E-state index in [-0.39, 0.29) is 12.5 Å². The molecule has 0 radical (unpaired) electrons. The molecule has 184 valence electrons. The molecule has 1 N–H and O–H groups in total. The topological polar surface area (TPSA) is 109 Å². The van der Waals surface area contributed by atoms with Crippen LogP contribution < -0.4 is 5.32 Å². The molecule has 1 amide bonds. The van der Waals surface area contributed by atoms with Crippen LogP contribution in [0.3, 0.4) is 0 Å². The predicted molar refractivity (Wildman–Crippen MR) is 126 cm³/mol. The van der Waals surface area contributed by atoms with Crippen molar-refractivity contribution in [2.45, 2.75) is 46.8 Å². The van der Waals surface area contributed by atoms with E-state index >= 15 is 0 Å². The number of benzene rings is 1. The minimum Gasteiger partial charge on any atom is -0.444 e. The Morgan fingerprint density at radius 3 is 2.41 bits per heavy atom. The van der Waals surface area contributed by atoms with Crippen LogP contribution in [0.15, 0.2) is 49.1 Å². The lowest BCUT2D eigenvalue weighted by molar-refractivity contribution is -0.168. The summed E-state index contributed by atoms with van der Waals surface area (Å²) in [6, 6.07) is 7.70. The fourth-order valence-electron chi connectivity index (χ4n) is 2.89. The highest BCUT2D eigenvalue weighted by atomic mass is 16.7. The van der Waals surface area contributed by atoms with E-state index in [0.29, 0.717) is 6.54 Å². The Balaban J connectivity index is 1.75. The van der Waals surface area contributed by atoms with Crippen LogP contribution in [0.1, 0.15) is 45.7 Å². The zero-order valence-corrected chi connectivity index (χ0v) is 20.3. The summed E-state index contributed by atoms with van der Waals surface area (Å²) < 4.78 is 17.2. The Kier molecular flexibility index (Phi) is 9.85. The lowest BCUT2D eigenvalue weighted by Gasteiger charge is -2.22. The van der Waals surface area contributed by atoms with E-state index in [2.05, 4.69) is 10.3 Å². The van der Waals surface area contributed by atoms with E-state index in [1.54, 1.807) is 39.4 Å². The van der Waals surface area contributed by atoms with Crippen LogP contribution in [0.2, 0.25) is 0 Å². The molecule has 2 aromatic rings. The van der Waals surface area contributed by atoms with Gasteiger partial charge in [0.25, 0.3) is 0 Å². The van der Waals surface area contributed by atoms with Crippen molar-refractivity contribution < 1.29 is 28.6 Å². The highest BCUT2D eigenvalue weighted by molar-refractivity contribution is 5.87. The average Bonchev–Trinajstić information content (AvgIpc) is 3.25. The molecule has 0 bridgehead atoms. The maximum absolute atomic E-state index is 12.4. The van der Waals surface area contributed by atoms with Crippen molar-refractivity contribution in [3.8, 4) is 0 Å². The summed E-state index contributed by atoms with van der Waals surface area (Å²) >= 11 is 0. The summed E-state index contributed by atoms with van der Waals surface area (Å²) in [7, 11) is 0. The fourth-order valence-corrected chi connectivity index (χ4v) is 2.89. The molecule has 0 aliphatic rings. The van der Waals surface area contributed by atoms with Gasteiger partial charge in [-0.25, -0.2) is 14.6 Å². The van der Waals surface area contributed by atoms with Crippen LogP contribution in [0.25, 0.3) is 6.08 Å². The minimum absolute atomic E-state index is 0.0517. The number of alkyl carbamates (subject to hydrolysis) is 1. The highest BCUT2D eigenvalue weighted by Gasteiger charge is 2.26. The second kappa shape index (κ2) is 12.6. The molecule has 34 heavy (non-hydrogen) atoms. The van der Waals surface area contributed by atoms with E-state index in [9.17, 15) is 14.4 Å². The van der Waals surface area contributed by atoms with E-state index in [0.717, 1.165) is 11.1 Å². The zero-order chi connectivity index (χ0) is 25.1. The first-order valence-corrected chi connectivity index (χ1v) is 11.1. The second-order valence-electron chi connectivity index (χ2n) is 9.09. The number of carbonyl (C=O) groups is 3. The maximum atomic E-state index is 12.4. The van der Waals surface area contributed by atoms with Gasteiger partial charge in [0, 0.05) is 31.6 Å². The first-order chi connectivity index (χ1) is 16.0. The molecule has 1 unspecified atom stereocenters. The Morgan fingerprint density at radius 1 is 1.12 bits per heavy atom. The molecule has 0 aliphatic carbocycles. The summed E-state index contributed by atoms with van der Waals surface area (Å²) in [4.78, 5) is 40.1. The number of esters is 2. The number of nitrogens with zero attached hydrogens (tertiary/aromatic N) is 2. The third kappa shape index (κ3) is 9.89. The molecule has 1 aromatic carbocycles. The van der Waals surface area contributed by atoms with Crippen molar-refractivity contribution in [1.29, 1.82) is 0 Å². The third-order valence-electron chi connectivity index (χ3n) is 4.69. The van der Waals surface area contributed by atoms with Crippen molar-refractivity contribution in [2.75, 3.05) is 13.3 Å². The largest absolute Gasteiger partial charge is 0.444 e. The Morgan fingerprint density at radius 2 is 1.82 bits per heavy atom. The molecule has 0 aliphatic heterocycles. The van der Waals surface area contributed by atoms with Gasteiger partial charge < -0.3 is 24.1 Å². The van der Waals surface area contributed by atoms with Crippen molar-refractivity contribution in [3.63, 3.8) is 0 Å². The molecule has 0 fully saturated rings. The average molecular weight is 472 g/mol. The molecule has 0 saturated heterocycles. The summed E-state index contributed by atoms with van der Waals surface area (Å²) in [6.45, 7) is 9.17. The number of rotatable bonds is 10. The number of amides is 1. The first kappa shape index (κ1) is 26.6. The van der Waals surface area contributed by atoms with Crippen molar-refractivity contribution in [1.82, 2.24) is 14.9 Å². The molecule has 9 nitrogen and oxygen atoms in total. The van der Waals surface area contributed by atoms with Gasteiger partial charge in [-0.2, -0.15) is 0 Å². The number of carbonyl (C=O) groups excluding carboxylic acids is 3. The Bertz CT molecular complexity index is 960. The molecule has 0 saturated carbocycles. The smallest absolute Gasteiger partial charge is 0.407 e. The maximum Gasteiger partial charge on any atom is 0.407 e. The van der Waals surface area contributed by atoms with E-state index in [1.165, 1.54) is 6.08 Å². The molecule has 1 aromatic heterocycles. The Labute approximate surface area is 200 Å². The van der Waals surface area contributed by atoms with Crippen LogP contribution in [0.4, 0.5) is 4.79 Å². The van der Waals surface area contributed by atoms with Crippen molar-refractivity contribution in [3.05, 3.63) is 60.2 Å². The van der Waals surface area contributed by atoms with Gasteiger partial charge in [0.05, 0.1) is 12.2 Å². The third-order valence-corrected chi connectivity index (χ3v) is 4.69. The van der Waals surface area contributed by atoms with E-state index in [1.807, 2.05) is 48.9 Å². The van der Waals surface area contributed by atoms with Gasteiger partial charge in [0.1, 0.15) is 5.60 Å². The first-order valence-electron chi connectivity index (χ1n) is 11.1. The van der Waals surface area contributed by atoms with Gasteiger partial charge in [-0.05, 0) is 43.9 Å². The SMILES string of the molecule is CC(C)C(CNC(=O)OC(C)(C)C)C(=O)OCOC(=O)/C=C/c1ccc(Cn2ccnc2)cc1. The second-order valence-corrected chi connectivity index (χ2v) is 9.09. The van der Waals surface area contributed by atoms with Crippen LogP contribution in [0.5, 0.6) is 0 Å².